The maximum atomic E-state index is 13.3. The molecule has 1 saturated heterocycles. The van der Waals surface area contributed by atoms with Crippen molar-refractivity contribution in [3.8, 4) is 0 Å². The Kier molecular flexibility index (Phi) is 3.11. The van der Waals surface area contributed by atoms with Crippen LogP contribution in [0.5, 0.6) is 0 Å². The van der Waals surface area contributed by atoms with Crippen molar-refractivity contribution in [2.24, 2.45) is 0 Å². The van der Waals surface area contributed by atoms with Crippen molar-refractivity contribution in [3.63, 3.8) is 0 Å². The molecule has 0 unspecified atom stereocenters. The minimum atomic E-state index is -0.982. The van der Waals surface area contributed by atoms with Gasteiger partial charge in [-0.05, 0) is 0 Å². The lowest BCUT2D eigenvalue weighted by molar-refractivity contribution is 0.255. The van der Waals surface area contributed by atoms with Crippen LogP contribution >= 0.6 is 11.6 Å². The molecule has 7 heteroatoms. The van der Waals surface area contributed by atoms with Crippen LogP contribution in [0.1, 0.15) is 6.42 Å². The first-order chi connectivity index (χ1) is 7.63. The van der Waals surface area contributed by atoms with Crippen molar-refractivity contribution in [1.82, 2.24) is 9.97 Å². The van der Waals surface area contributed by atoms with Crippen molar-refractivity contribution >= 4 is 23.2 Å². The molecule has 2 rings (SSSR count). The number of aromatic nitrogens is 2. The topological polar surface area (TPSA) is 75.3 Å². The minimum absolute atomic E-state index is 0.138. The van der Waals surface area contributed by atoms with Gasteiger partial charge in [0.25, 0.3) is 0 Å². The van der Waals surface area contributed by atoms with Crippen molar-refractivity contribution in [1.29, 1.82) is 0 Å². The van der Waals surface area contributed by atoms with Gasteiger partial charge in [0.15, 0.2) is 5.82 Å². The number of anilines is 2. The van der Waals surface area contributed by atoms with Crippen LogP contribution in [0, 0.1) is 0 Å². The molecule has 0 bridgehead atoms. The Morgan fingerprint density at radius 2 is 2.38 bits per heavy atom. The molecule has 16 heavy (non-hydrogen) atoms. The third-order valence-corrected chi connectivity index (χ3v) is 3.01. The van der Waals surface area contributed by atoms with E-state index in [4.69, 9.17) is 22.4 Å². The monoisotopic (exact) mass is 246 g/mol. The summed E-state index contributed by atoms with van der Waals surface area (Å²) in [5.74, 6) is 0.541. The van der Waals surface area contributed by atoms with Gasteiger partial charge in [0, 0.05) is 6.42 Å². The molecule has 1 aliphatic heterocycles. The van der Waals surface area contributed by atoms with Crippen LogP contribution in [0.4, 0.5) is 16.0 Å². The number of hydrogen-bond donors (Lipinski definition) is 2. The molecule has 2 heterocycles. The number of rotatable bonds is 2. The van der Waals surface area contributed by atoms with Gasteiger partial charge in [-0.25, -0.2) is 14.4 Å². The number of aliphatic hydroxyl groups excluding tert-OH is 1. The number of nitrogen functional groups attached to an aromatic ring is 1. The lowest BCUT2D eigenvalue weighted by atomic mass is 10.2. The highest BCUT2D eigenvalue weighted by Crippen LogP contribution is 2.32. The summed E-state index contributed by atoms with van der Waals surface area (Å²) in [4.78, 5) is 9.34. The number of hydrogen-bond acceptors (Lipinski definition) is 5. The van der Waals surface area contributed by atoms with Crippen LogP contribution in [-0.2, 0) is 0 Å². The van der Waals surface area contributed by atoms with Crippen molar-refractivity contribution in [3.05, 3.63) is 11.3 Å². The van der Waals surface area contributed by atoms with Gasteiger partial charge < -0.3 is 15.7 Å². The molecule has 0 saturated carbocycles. The third-order valence-electron chi connectivity index (χ3n) is 2.64. The molecule has 0 aromatic carbocycles. The van der Waals surface area contributed by atoms with Gasteiger partial charge in [0.2, 0.25) is 0 Å². The molecule has 1 aromatic rings. The highest BCUT2D eigenvalue weighted by Gasteiger charge is 2.33. The van der Waals surface area contributed by atoms with E-state index in [1.54, 1.807) is 4.90 Å². The molecular weight excluding hydrogens is 235 g/mol. The first-order valence-electron chi connectivity index (χ1n) is 4.91. The zero-order valence-corrected chi connectivity index (χ0v) is 9.23. The maximum absolute atomic E-state index is 13.3. The summed E-state index contributed by atoms with van der Waals surface area (Å²) < 4.78 is 13.3. The van der Waals surface area contributed by atoms with E-state index in [1.807, 2.05) is 0 Å². The molecule has 5 nitrogen and oxygen atoms in total. The SMILES string of the molecule is Nc1ncnc(N2C[C@@H](F)C[C@H]2CO)c1Cl. The summed E-state index contributed by atoms with van der Waals surface area (Å²) in [5, 5.41) is 9.35. The second kappa shape index (κ2) is 4.39. The maximum Gasteiger partial charge on any atom is 0.153 e. The van der Waals surface area contributed by atoms with Crippen LogP contribution < -0.4 is 10.6 Å². The first kappa shape index (κ1) is 11.3. The Balaban J connectivity index is 2.33. The second-order valence-electron chi connectivity index (χ2n) is 3.72. The van der Waals surface area contributed by atoms with Crippen LogP contribution in [0.15, 0.2) is 6.33 Å². The fourth-order valence-corrected chi connectivity index (χ4v) is 2.07. The summed E-state index contributed by atoms with van der Waals surface area (Å²) in [6.45, 7) is 0.0298. The van der Waals surface area contributed by atoms with Gasteiger partial charge in [0.1, 0.15) is 23.3 Å². The second-order valence-corrected chi connectivity index (χ2v) is 4.10. The normalized spacial score (nSPS) is 25.1. The van der Waals surface area contributed by atoms with Crippen LogP contribution in [0.3, 0.4) is 0 Å². The smallest absolute Gasteiger partial charge is 0.153 e. The Bertz CT molecular complexity index is 392. The van der Waals surface area contributed by atoms with Gasteiger partial charge in [-0.15, -0.1) is 0 Å². The summed E-state index contributed by atoms with van der Waals surface area (Å²) in [6, 6.07) is -0.304. The molecule has 1 aliphatic rings. The number of nitrogens with zero attached hydrogens (tertiary/aromatic N) is 3. The largest absolute Gasteiger partial charge is 0.394 e. The Morgan fingerprint density at radius 1 is 1.62 bits per heavy atom. The van der Waals surface area contributed by atoms with E-state index < -0.39 is 6.17 Å². The summed E-state index contributed by atoms with van der Waals surface area (Å²) in [7, 11) is 0. The van der Waals surface area contributed by atoms with Crippen LogP contribution in [-0.4, -0.2) is 40.4 Å². The quantitative estimate of drug-likeness (QED) is 0.800. The summed E-state index contributed by atoms with van der Waals surface area (Å²) in [5.41, 5.74) is 5.54. The third kappa shape index (κ3) is 1.90. The predicted octanol–water partition coefficient (Wildman–Crippen LogP) is 0.621. The average Bonchev–Trinajstić information content (AvgIpc) is 2.63. The van der Waals surface area contributed by atoms with Crippen LogP contribution in [0.2, 0.25) is 5.02 Å². The van der Waals surface area contributed by atoms with Crippen molar-refractivity contribution in [2.75, 3.05) is 23.8 Å². The van der Waals surface area contributed by atoms with Gasteiger partial charge in [-0.2, -0.15) is 0 Å². The average molecular weight is 247 g/mol. The van der Waals surface area contributed by atoms with Gasteiger partial charge in [-0.1, -0.05) is 11.6 Å². The summed E-state index contributed by atoms with van der Waals surface area (Å²) in [6.07, 6.45) is 0.567. The lowest BCUT2D eigenvalue weighted by Crippen LogP contribution is -2.33. The van der Waals surface area contributed by atoms with Gasteiger partial charge >= 0.3 is 0 Å². The van der Waals surface area contributed by atoms with E-state index in [0.29, 0.717) is 5.82 Å². The first-order valence-corrected chi connectivity index (χ1v) is 5.28. The van der Waals surface area contributed by atoms with Crippen molar-refractivity contribution < 1.29 is 9.50 Å². The fourth-order valence-electron chi connectivity index (χ4n) is 1.87. The predicted molar refractivity (Wildman–Crippen MR) is 59.2 cm³/mol. The number of halogens is 2. The van der Waals surface area contributed by atoms with Crippen molar-refractivity contribution in [2.45, 2.75) is 18.6 Å². The van der Waals surface area contributed by atoms with E-state index in [1.165, 1.54) is 6.33 Å². The lowest BCUT2D eigenvalue weighted by Gasteiger charge is -2.24. The number of nitrogens with two attached hydrogens (primary N) is 1. The molecule has 88 valence electrons. The van der Waals surface area contributed by atoms with E-state index in [2.05, 4.69) is 9.97 Å². The van der Waals surface area contributed by atoms with E-state index >= 15 is 0 Å². The molecule has 3 N–H and O–H groups in total. The Hall–Kier alpha value is -1.14. The fraction of sp³-hybridized carbons (Fsp3) is 0.556. The Labute approximate surface area is 97.1 Å². The van der Waals surface area contributed by atoms with E-state index in [0.717, 1.165) is 0 Å². The highest BCUT2D eigenvalue weighted by atomic mass is 35.5. The molecule has 1 aromatic heterocycles. The van der Waals surface area contributed by atoms with Crippen LogP contribution in [0.25, 0.3) is 0 Å². The molecule has 0 aliphatic carbocycles. The highest BCUT2D eigenvalue weighted by molar-refractivity contribution is 6.35. The van der Waals surface area contributed by atoms with E-state index in [-0.39, 0.29) is 36.5 Å². The Morgan fingerprint density at radius 3 is 3.06 bits per heavy atom. The molecule has 0 amide bonds. The summed E-state index contributed by atoms with van der Waals surface area (Å²) >= 11 is 5.95. The molecule has 1 fully saturated rings. The zero-order chi connectivity index (χ0) is 11.7. The minimum Gasteiger partial charge on any atom is -0.394 e. The molecular formula is C9H12ClFN4O. The standard InChI is InChI=1S/C9H12ClFN4O/c10-7-8(12)13-4-14-9(7)15-2-5(11)1-6(15)3-16/h4-6,16H,1-3H2,(H2,12,13,14)/t5-,6-/m0/s1. The van der Waals surface area contributed by atoms with Gasteiger partial charge in [-0.3, -0.25) is 0 Å². The number of aliphatic hydroxyl groups is 1. The molecule has 2 atom stereocenters. The number of alkyl halides is 1. The van der Waals surface area contributed by atoms with Gasteiger partial charge in [0.05, 0.1) is 19.2 Å². The zero-order valence-electron chi connectivity index (χ0n) is 8.48. The van der Waals surface area contributed by atoms with E-state index in [9.17, 15) is 4.39 Å². The molecule has 0 spiro atoms. The molecule has 0 radical (unpaired) electrons.